The summed E-state index contributed by atoms with van der Waals surface area (Å²) in [5, 5.41) is 3.55. The Labute approximate surface area is 148 Å². The summed E-state index contributed by atoms with van der Waals surface area (Å²) >= 11 is 5.86. The monoisotopic (exact) mass is 346 g/mol. The SMILES string of the molecule is CCCN(CCC)c1cc(C(=O)NCc2ccc(Cl)cc2)ncn1. The van der Waals surface area contributed by atoms with E-state index in [9.17, 15) is 4.79 Å². The van der Waals surface area contributed by atoms with E-state index in [1.54, 1.807) is 18.2 Å². The van der Waals surface area contributed by atoms with Gasteiger partial charge in [0.2, 0.25) is 0 Å². The molecule has 0 saturated heterocycles. The van der Waals surface area contributed by atoms with Gasteiger partial charge in [0.05, 0.1) is 0 Å². The van der Waals surface area contributed by atoms with Crippen molar-refractivity contribution < 1.29 is 4.79 Å². The highest BCUT2D eigenvalue weighted by Gasteiger charge is 2.12. The number of aromatic nitrogens is 2. The van der Waals surface area contributed by atoms with Gasteiger partial charge in [0, 0.05) is 30.7 Å². The lowest BCUT2D eigenvalue weighted by Crippen LogP contribution is -2.28. The second-order valence-electron chi connectivity index (χ2n) is 5.56. The number of nitrogens with one attached hydrogen (secondary N) is 1. The largest absolute Gasteiger partial charge is 0.357 e. The maximum absolute atomic E-state index is 12.3. The predicted molar refractivity (Wildman–Crippen MR) is 97.4 cm³/mol. The van der Waals surface area contributed by atoms with Crippen molar-refractivity contribution in [2.45, 2.75) is 33.2 Å². The molecule has 5 nitrogen and oxygen atoms in total. The Morgan fingerprint density at radius 3 is 2.42 bits per heavy atom. The number of benzene rings is 1. The summed E-state index contributed by atoms with van der Waals surface area (Å²) < 4.78 is 0. The van der Waals surface area contributed by atoms with Crippen LogP contribution in [-0.2, 0) is 6.54 Å². The molecule has 1 aromatic heterocycles. The summed E-state index contributed by atoms with van der Waals surface area (Å²) in [4.78, 5) is 22.9. The Hall–Kier alpha value is -2.14. The first-order chi connectivity index (χ1) is 11.6. The lowest BCUT2D eigenvalue weighted by Gasteiger charge is -2.22. The number of carbonyl (C=O) groups excluding carboxylic acids is 1. The lowest BCUT2D eigenvalue weighted by molar-refractivity contribution is 0.0945. The zero-order chi connectivity index (χ0) is 17.4. The Morgan fingerprint density at radius 2 is 1.79 bits per heavy atom. The maximum atomic E-state index is 12.3. The van der Waals surface area contributed by atoms with Gasteiger partial charge >= 0.3 is 0 Å². The van der Waals surface area contributed by atoms with E-state index < -0.39 is 0 Å². The quantitative estimate of drug-likeness (QED) is 0.792. The summed E-state index contributed by atoms with van der Waals surface area (Å²) in [6.45, 7) is 6.52. The fourth-order valence-electron chi connectivity index (χ4n) is 2.40. The van der Waals surface area contributed by atoms with E-state index in [0.29, 0.717) is 17.3 Å². The van der Waals surface area contributed by atoms with Crippen LogP contribution in [0.2, 0.25) is 5.02 Å². The van der Waals surface area contributed by atoms with Crippen molar-refractivity contribution in [3.8, 4) is 0 Å². The lowest BCUT2D eigenvalue weighted by atomic mass is 10.2. The number of carbonyl (C=O) groups is 1. The smallest absolute Gasteiger partial charge is 0.270 e. The molecule has 24 heavy (non-hydrogen) atoms. The van der Waals surface area contributed by atoms with Gasteiger partial charge in [-0.3, -0.25) is 4.79 Å². The minimum atomic E-state index is -0.207. The van der Waals surface area contributed by atoms with Crippen molar-refractivity contribution >= 4 is 23.3 Å². The highest BCUT2D eigenvalue weighted by molar-refractivity contribution is 6.30. The van der Waals surface area contributed by atoms with Gasteiger partial charge in [0.1, 0.15) is 17.8 Å². The minimum absolute atomic E-state index is 0.207. The molecule has 0 aliphatic rings. The van der Waals surface area contributed by atoms with Crippen LogP contribution >= 0.6 is 11.6 Å². The normalized spacial score (nSPS) is 10.5. The van der Waals surface area contributed by atoms with E-state index in [1.807, 2.05) is 12.1 Å². The Bertz CT molecular complexity index is 654. The van der Waals surface area contributed by atoms with Crippen LogP contribution in [0.3, 0.4) is 0 Å². The van der Waals surface area contributed by atoms with Crippen molar-refractivity contribution in [2.75, 3.05) is 18.0 Å². The van der Waals surface area contributed by atoms with E-state index in [0.717, 1.165) is 37.3 Å². The summed E-state index contributed by atoms with van der Waals surface area (Å²) in [5.74, 6) is 0.590. The predicted octanol–water partition coefficient (Wildman–Crippen LogP) is 3.69. The number of hydrogen-bond acceptors (Lipinski definition) is 4. The van der Waals surface area contributed by atoms with Crippen LogP contribution in [0.4, 0.5) is 5.82 Å². The third kappa shape index (κ3) is 5.20. The molecule has 0 bridgehead atoms. The molecule has 0 aliphatic heterocycles. The van der Waals surface area contributed by atoms with Crippen LogP contribution in [0, 0.1) is 0 Å². The molecular formula is C18H23ClN4O. The van der Waals surface area contributed by atoms with E-state index in [2.05, 4.69) is 34.0 Å². The third-order valence-corrected chi connectivity index (χ3v) is 3.81. The first-order valence-electron chi connectivity index (χ1n) is 8.23. The van der Waals surface area contributed by atoms with E-state index in [-0.39, 0.29) is 5.91 Å². The molecule has 1 N–H and O–H groups in total. The molecule has 0 aliphatic carbocycles. The number of rotatable bonds is 8. The van der Waals surface area contributed by atoms with Gasteiger partial charge < -0.3 is 10.2 Å². The standard InChI is InChI=1S/C18H23ClN4O/c1-3-9-23(10-4-2)17-11-16(21-13-22-17)18(24)20-12-14-5-7-15(19)8-6-14/h5-8,11,13H,3-4,9-10,12H2,1-2H3,(H,20,24). The number of halogens is 1. The van der Waals surface area contributed by atoms with E-state index in [4.69, 9.17) is 11.6 Å². The summed E-state index contributed by atoms with van der Waals surface area (Å²) in [6.07, 6.45) is 3.51. The van der Waals surface area contributed by atoms with E-state index >= 15 is 0 Å². The molecule has 1 aromatic carbocycles. The molecule has 6 heteroatoms. The second kappa shape index (κ2) is 9.23. The van der Waals surface area contributed by atoms with Gasteiger partial charge in [-0.25, -0.2) is 9.97 Å². The van der Waals surface area contributed by atoms with Crippen LogP contribution in [0.15, 0.2) is 36.7 Å². The van der Waals surface area contributed by atoms with Gasteiger partial charge in [-0.15, -0.1) is 0 Å². The third-order valence-electron chi connectivity index (χ3n) is 3.56. The Balaban J connectivity index is 2.03. The summed E-state index contributed by atoms with van der Waals surface area (Å²) in [7, 11) is 0. The molecule has 0 radical (unpaired) electrons. The van der Waals surface area contributed by atoms with Gasteiger partial charge in [0.15, 0.2) is 0 Å². The molecule has 0 fully saturated rings. The zero-order valence-electron chi connectivity index (χ0n) is 14.1. The maximum Gasteiger partial charge on any atom is 0.270 e. The summed E-state index contributed by atoms with van der Waals surface area (Å²) in [6, 6.07) is 9.14. The molecule has 2 aromatic rings. The highest BCUT2D eigenvalue weighted by atomic mass is 35.5. The molecule has 0 unspecified atom stereocenters. The van der Waals surface area contributed by atoms with Crippen molar-refractivity contribution in [1.82, 2.24) is 15.3 Å². The van der Waals surface area contributed by atoms with Crippen molar-refractivity contribution in [3.63, 3.8) is 0 Å². The number of nitrogens with zero attached hydrogens (tertiary/aromatic N) is 3. The average molecular weight is 347 g/mol. The topological polar surface area (TPSA) is 58.1 Å². The van der Waals surface area contributed by atoms with Gasteiger partial charge in [-0.1, -0.05) is 37.6 Å². The van der Waals surface area contributed by atoms with Crippen LogP contribution < -0.4 is 10.2 Å². The van der Waals surface area contributed by atoms with Crippen LogP contribution in [0.1, 0.15) is 42.7 Å². The van der Waals surface area contributed by atoms with Crippen LogP contribution in [0.5, 0.6) is 0 Å². The number of amides is 1. The Morgan fingerprint density at radius 1 is 1.12 bits per heavy atom. The van der Waals surface area contributed by atoms with Crippen molar-refractivity contribution in [3.05, 3.63) is 52.9 Å². The summed E-state index contributed by atoms with van der Waals surface area (Å²) in [5.41, 5.74) is 1.37. The fraction of sp³-hybridized carbons (Fsp3) is 0.389. The van der Waals surface area contributed by atoms with Gasteiger partial charge in [-0.2, -0.15) is 0 Å². The van der Waals surface area contributed by atoms with Gasteiger partial charge in [0.25, 0.3) is 5.91 Å². The molecular weight excluding hydrogens is 324 g/mol. The van der Waals surface area contributed by atoms with Crippen LogP contribution in [-0.4, -0.2) is 29.0 Å². The molecule has 0 saturated carbocycles. The number of hydrogen-bond donors (Lipinski definition) is 1. The molecule has 0 atom stereocenters. The van der Waals surface area contributed by atoms with E-state index in [1.165, 1.54) is 6.33 Å². The van der Waals surface area contributed by atoms with Crippen LogP contribution in [0.25, 0.3) is 0 Å². The first-order valence-corrected chi connectivity index (χ1v) is 8.61. The van der Waals surface area contributed by atoms with Crippen molar-refractivity contribution in [1.29, 1.82) is 0 Å². The molecule has 1 heterocycles. The minimum Gasteiger partial charge on any atom is -0.357 e. The Kier molecular flexibility index (Phi) is 7.00. The zero-order valence-corrected chi connectivity index (χ0v) is 14.9. The average Bonchev–Trinajstić information content (AvgIpc) is 2.61. The fourth-order valence-corrected chi connectivity index (χ4v) is 2.53. The molecule has 1 amide bonds. The first kappa shape index (κ1) is 18.2. The number of anilines is 1. The highest BCUT2D eigenvalue weighted by Crippen LogP contribution is 2.13. The second-order valence-corrected chi connectivity index (χ2v) is 5.99. The van der Waals surface area contributed by atoms with Gasteiger partial charge in [-0.05, 0) is 30.5 Å². The molecule has 2 rings (SSSR count). The molecule has 128 valence electrons. The molecule has 0 spiro atoms. The van der Waals surface area contributed by atoms with Crippen molar-refractivity contribution in [2.24, 2.45) is 0 Å².